The molecule has 2 aromatic heterocycles. The minimum Gasteiger partial charge on any atom is -0.327 e. The number of aryl methyl sites for hydroxylation is 1. The number of nitrogens with zero attached hydrogens (tertiary/aromatic N) is 4. The summed E-state index contributed by atoms with van der Waals surface area (Å²) >= 11 is 0. The molecule has 0 unspecified atom stereocenters. The van der Waals surface area contributed by atoms with Gasteiger partial charge < -0.3 is 4.57 Å². The van der Waals surface area contributed by atoms with Gasteiger partial charge in [0.25, 0.3) is 0 Å². The first-order valence-corrected chi connectivity index (χ1v) is 9.45. The smallest absolute Gasteiger partial charge is 0.111 e. The maximum atomic E-state index is 4.97. The second-order valence-corrected chi connectivity index (χ2v) is 7.42. The predicted octanol–water partition coefficient (Wildman–Crippen LogP) is 3.82. The van der Waals surface area contributed by atoms with Crippen LogP contribution in [-0.2, 0) is 13.0 Å². The van der Waals surface area contributed by atoms with Crippen molar-refractivity contribution in [2.75, 3.05) is 13.1 Å². The molecular weight excluding hydrogens is 308 g/mol. The summed E-state index contributed by atoms with van der Waals surface area (Å²) in [5, 5.41) is 0. The summed E-state index contributed by atoms with van der Waals surface area (Å²) < 4.78 is 2.43. The van der Waals surface area contributed by atoms with E-state index >= 15 is 0 Å². The lowest BCUT2D eigenvalue weighted by molar-refractivity contribution is 0.130. The molecule has 0 radical (unpaired) electrons. The van der Waals surface area contributed by atoms with Crippen molar-refractivity contribution in [2.45, 2.75) is 45.2 Å². The van der Waals surface area contributed by atoms with Crippen molar-refractivity contribution in [3.05, 3.63) is 47.9 Å². The summed E-state index contributed by atoms with van der Waals surface area (Å²) in [4.78, 5) is 12.3. The molecule has 3 aromatic rings. The van der Waals surface area contributed by atoms with Crippen LogP contribution in [0.15, 0.2) is 36.4 Å². The molecule has 128 valence electrons. The molecule has 4 nitrogen and oxygen atoms in total. The fraction of sp³-hybridized carbons (Fsp3) is 0.429. The van der Waals surface area contributed by atoms with Crippen LogP contribution in [0.4, 0.5) is 0 Å². The van der Waals surface area contributed by atoms with E-state index in [2.05, 4.69) is 44.8 Å². The highest BCUT2D eigenvalue weighted by molar-refractivity contribution is 5.82. The molecule has 1 aromatic carbocycles. The maximum Gasteiger partial charge on any atom is 0.111 e. The van der Waals surface area contributed by atoms with Crippen LogP contribution in [0.5, 0.6) is 0 Å². The fourth-order valence-electron chi connectivity index (χ4n) is 4.18. The van der Waals surface area contributed by atoms with E-state index in [-0.39, 0.29) is 0 Å². The summed E-state index contributed by atoms with van der Waals surface area (Å²) in [5.41, 5.74) is 5.60. The van der Waals surface area contributed by atoms with Gasteiger partial charge in [-0.05, 0) is 44.0 Å². The number of pyridine rings is 1. The minimum atomic E-state index is 0.829. The Morgan fingerprint density at radius 3 is 2.72 bits per heavy atom. The average molecular weight is 332 g/mol. The number of hydrogen-bond donors (Lipinski definition) is 0. The van der Waals surface area contributed by atoms with E-state index in [9.17, 15) is 0 Å². The first-order chi connectivity index (χ1) is 12.3. The van der Waals surface area contributed by atoms with Crippen LogP contribution >= 0.6 is 0 Å². The first-order valence-electron chi connectivity index (χ1n) is 9.45. The Hall–Kier alpha value is -2.20. The van der Waals surface area contributed by atoms with E-state index < -0.39 is 0 Å². The maximum absolute atomic E-state index is 4.97. The van der Waals surface area contributed by atoms with Gasteiger partial charge in [0.05, 0.1) is 16.7 Å². The molecule has 1 fully saturated rings. The van der Waals surface area contributed by atoms with Crippen LogP contribution in [0, 0.1) is 6.92 Å². The van der Waals surface area contributed by atoms with Crippen molar-refractivity contribution in [2.24, 2.45) is 0 Å². The molecule has 0 spiro atoms. The van der Waals surface area contributed by atoms with Crippen molar-refractivity contribution in [1.29, 1.82) is 0 Å². The summed E-state index contributed by atoms with van der Waals surface area (Å²) in [6.45, 7) is 5.41. The summed E-state index contributed by atoms with van der Waals surface area (Å²) in [7, 11) is 0. The van der Waals surface area contributed by atoms with Gasteiger partial charge in [0.1, 0.15) is 5.82 Å². The molecule has 1 aliphatic heterocycles. The second kappa shape index (κ2) is 5.95. The van der Waals surface area contributed by atoms with Gasteiger partial charge in [-0.25, -0.2) is 4.98 Å². The third-order valence-corrected chi connectivity index (χ3v) is 5.84. The van der Waals surface area contributed by atoms with Gasteiger partial charge in [-0.15, -0.1) is 0 Å². The monoisotopic (exact) mass is 332 g/mol. The number of fused-ring (bicyclic) bond motifs is 3. The topological polar surface area (TPSA) is 34.0 Å². The van der Waals surface area contributed by atoms with Gasteiger partial charge >= 0.3 is 0 Å². The summed E-state index contributed by atoms with van der Waals surface area (Å²) in [6.07, 6.45) is 5.24. The number of benzene rings is 1. The second-order valence-electron chi connectivity index (χ2n) is 7.42. The standard InChI is InChI=1S/C21H24N4/c1-15-4-2-7-18(22-15)16-8-9-20-19(14-16)23-21-10-11-24(12-13-25(20)21)17-5-3-6-17/h2,4,7-9,14,17H,3,5-6,10-13H2,1H3. The zero-order valence-corrected chi connectivity index (χ0v) is 14.8. The minimum absolute atomic E-state index is 0.829. The highest BCUT2D eigenvalue weighted by Gasteiger charge is 2.27. The zero-order chi connectivity index (χ0) is 16.8. The molecule has 0 atom stereocenters. The van der Waals surface area contributed by atoms with Crippen LogP contribution in [-0.4, -0.2) is 38.6 Å². The van der Waals surface area contributed by atoms with Gasteiger partial charge in [-0.2, -0.15) is 0 Å². The van der Waals surface area contributed by atoms with Crippen LogP contribution < -0.4 is 0 Å². The Morgan fingerprint density at radius 2 is 1.92 bits per heavy atom. The Balaban J connectivity index is 1.48. The van der Waals surface area contributed by atoms with Crippen LogP contribution in [0.25, 0.3) is 22.3 Å². The van der Waals surface area contributed by atoms with E-state index in [1.807, 2.05) is 13.0 Å². The fourth-order valence-corrected chi connectivity index (χ4v) is 4.18. The average Bonchev–Trinajstić information content (AvgIpc) is 2.80. The predicted molar refractivity (Wildman–Crippen MR) is 101 cm³/mol. The summed E-state index contributed by atoms with van der Waals surface area (Å²) in [6, 6.07) is 13.6. The number of rotatable bonds is 2. The Labute approximate surface area is 148 Å². The van der Waals surface area contributed by atoms with Crippen molar-refractivity contribution in [3.63, 3.8) is 0 Å². The lowest BCUT2D eigenvalue weighted by Crippen LogP contribution is -2.41. The zero-order valence-electron chi connectivity index (χ0n) is 14.8. The Morgan fingerprint density at radius 1 is 1.00 bits per heavy atom. The summed E-state index contributed by atoms with van der Waals surface area (Å²) in [5.74, 6) is 1.24. The first kappa shape index (κ1) is 15.1. The molecule has 25 heavy (non-hydrogen) atoms. The quantitative estimate of drug-likeness (QED) is 0.715. The molecular formula is C21H24N4. The normalized spacial score (nSPS) is 18.8. The number of hydrogen-bond acceptors (Lipinski definition) is 3. The highest BCUT2D eigenvalue weighted by atomic mass is 15.2. The molecule has 0 bridgehead atoms. The molecule has 1 saturated carbocycles. The third-order valence-electron chi connectivity index (χ3n) is 5.84. The van der Waals surface area contributed by atoms with Crippen molar-refractivity contribution in [1.82, 2.24) is 19.4 Å². The highest BCUT2D eigenvalue weighted by Crippen LogP contribution is 2.28. The van der Waals surface area contributed by atoms with Gasteiger partial charge in [0.15, 0.2) is 0 Å². The van der Waals surface area contributed by atoms with Crippen molar-refractivity contribution >= 4 is 11.0 Å². The molecule has 1 aliphatic carbocycles. The van der Waals surface area contributed by atoms with Crippen LogP contribution in [0.1, 0.15) is 30.8 Å². The molecule has 3 heterocycles. The third kappa shape index (κ3) is 2.65. The van der Waals surface area contributed by atoms with Gasteiger partial charge in [0, 0.05) is 43.4 Å². The Kier molecular flexibility index (Phi) is 3.59. The van der Waals surface area contributed by atoms with Crippen LogP contribution in [0.2, 0.25) is 0 Å². The SMILES string of the molecule is Cc1cccc(-c2ccc3c(c2)nc2n3CCN(C3CCC3)CC2)n1. The van der Waals surface area contributed by atoms with Crippen molar-refractivity contribution < 1.29 is 0 Å². The Bertz CT molecular complexity index is 923. The molecule has 0 N–H and O–H groups in total. The van der Waals surface area contributed by atoms with E-state index in [1.54, 1.807) is 0 Å². The molecule has 4 heteroatoms. The molecule has 0 saturated heterocycles. The molecule has 2 aliphatic rings. The van der Waals surface area contributed by atoms with E-state index in [1.165, 1.54) is 30.6 Å². The molecule has 0 amide bonds. The van der Waals surface area contributed by atoms with Crippen LogP contribution in [0.3, 0.4) is 0 Å². The number of aromatic nitrogens is 3. The van der Waals surface area contributed by atoms with E-state index in [4.69, 9.17) is 4.98 Å². The number of imidazole rings is 1. The molecule has 5 rings (SSSR count). The van der Waals surface area contributed by atoms with E-state index in [0.717, 1.165) is 54.6 Å². The lowest BCUT2D eigenvalue weighted by Gasteiger charge is -2.36. The van der Waals surface area contributed by atoms with Gasteiger partial charge in [0.2, 0.25) is 0 Å². The van der Waals surface area contributed by atoms with Crippen molar-refractivity contribution in [3.8, 4) is 11.3 Å². The van der Waals surface area contributed by atoms with Gasteiger partial charge in [-0.3, -0.25) is 9.88 Å². The van der Waals surface area contributed by atoms with E-state index in [0.29, 0.717) is 0 Å². The lowest BCUT2D eigenvalue weighted by atomic mass is 9.91. The largest absolute Gasteiger partial charge is 0.327 e. The van der Waals surface area contributed by atoms with Gasteiger partial charge in [-0.1, -0.05) is 18.6 Å².